The molecule has 1 aliphatic carbocycles. The summed E-state index contributed by atoms with van der Waals surface area (Å²) in [5, 5.41) is 0. The summed E-state index contributed by atoms with van der Waals surface area (Å²) < 4.78 is 0. The van der Waals surface area contributed by atoms with Crippen LogP contribution in [0, 0.1) is 22.7 Å². The van der Waals surface area contributed by atoms with Crippen LogP contribution in [0.4, 0.5) is 0 Å². The Balaban J connectivity index is 2.96. The van der Waals surface area contributed by atoms with Crippen LogP contribution in [0.1, 0.15) is 53.4 Å². The molecule has 0 unspecified atom stereocenters. The maximum absolute atomic E-state index is 12.9. The zero-order valence-corrected chi connectivity index (χ0v) is 12.5. The van der Waals surface area contributed by atoms with E-state index in [-0.39, 0.29) is 16.7 Å². The van der Waals surface area contributed by atoms with Gasteiger partial charge in [-0.05, 0) is 37.0 Å². The number of Topliss-reactive ketones (excluding diaryl/α,β-unsaturated/α-hetero) is 1. The summed E-state index contributed by atoms with van der Waals surface area (Å²) in [6, 6.07) is 0. The minimum atomic E-state index is -0.258. The molecule has 102 valence electrons. The molecule has 0 saturated heterocycles. The van der Waals surface area contributed by atoms with Crippen LogP contribution in [0.2, 0.25) is 0 Å². The molecule has 0 spiro atoms. The lowest BCUT2D eigenvalue weighted by molar-refractivity contribution is -0.148. The van der Waals surface area contributed by atoms with Crippen LogP contribution in [-0.4, -0.2) is 5.78 Å². The predicted molar refractivity (Wildman–Crippen MR) is 78.4 cm³/mol. The van der Waals surface area contributed by atoms with Gasteiger partial charge >= 0.3 is 0 Å². The van der Waals surface area contributed by atoms with E-state index in [0.29, 0.717) is 11.7 Å². The number of rotatable bonds is 7. The highest BCUT2D eigenvalue weighted by atomic mass is 16.1. The Morgan fingerprint density at radius 2 is 1.83 bits per heavy atom. The molecule has 1 rings (SSSR count). The molecule has 0 N–H and O–H groups in total. The molecule has 2 atom stereocenters. The Hall–Kier alpha value is -0.850. The maximum atomic E-state index is 12.9. The van der Waals surface area contributed by atoms with E-state index in [1.54, 1.807) is 0 Å². The number of hydrogen-bond donors (Lipinski definition) is 0. The first-order valence-corrected chi connectivity index (χ1v) is 7.11. The van der Waals surface area contributed by atoms with Crippen LogP contribution < -0.4 is 0 Å². The smallest absolute Gasteiger partial charge is 0.143 e. The fourth-order valence-electron chi connectivity index (χ4n) is 3.26. The number of hydrogen-bond acceptors (Lipinski definition) is 1. The third-order valence-corrected chi connectivity index (χ3v) is 5.34. The van der Waals surface area contributed by atoms with E-state index in [1.807, 2.05) is 12.2 Å². The van der Waals surface area contributed by atoms with Crippen LogP contribution in [-0.2, 0) is 4.79 Å². The molecule has 1 saturated carbocycles. The third kappa shape index (κ3) is 2.32. The standard InChI is InChI=1S/C17H28O/c1-7-10-17(9-3,11-8-2)15(18)14-12-13(4)16(14,5)6/h7-8,13-14H,1-2,9-12H2,3-6H3/t13-,14-/m0/s1. The highest BCUT2D eigenvalue weighted by Gasteiger charge is 2.53. The zero-order valence-electron chi connectivity index (χ0n) is 12.5. The highest BCUT2D eigenvalue weighted by molar-refractivity contribution is 5.89. The van der Waals surface area contributed by atoms with E-state index < -0.39 is 0 Å². The molecule has 1 fully saturated rings. The van der Waals surface area contributed by atoms with Gasteiger partial charge in [0.25, 0.3) is 0 Å². The van der Waals surface area contributed by atoms with E-state index in [4.69, 9.17) is 0 Å². The third-order valence-electron chi connectivity index (χ3n) is 5.34. The second-order valence-corrected chi connectivity index (χ2v) is 6.49. The Morgan fingerprint density at radius 3 is 2.11 bits per heavy atom. The van der Waals surface area contributed by atoms with Gasteiger partial charge in [0.1, 0.15) is 5.78 Å². The van der Waals surface area contributed by atoms with Crippen molar-refractivity contribution < 1.29 is 4.79 Å². The molecular formula is C17H28O. The average molecular weight is 248 g/mol. The van der Waals surface area contributed by atoms with Crippen molar-refractivity contribution in [3.8, 4) is 0 Å². The summed E-state index contributed by atoms with van der Waals surface area (Å²) in [5.74, 6) is 1.30. The predicted octanol–water partition coefficient (Wildman–Crippen LogP) is 4.79. The van der Waals surface area contributed by atoms with Gasteiger partial charge in [0.15, 0.2) is 0 Å². The minimum Gasteiger partial charge on any atom is -0.299 e. The molecule has 1 aliphatic rings. The van der Waals surface area contributed by atoms with Gasteiger partial charge in [0.05, 0.1) is 0 Å². The zero-order chi connectivity index (χ0) is 14.0. The first kappa shape index (κ1) is 15.2. The topological polar surface area (TPSA) is 17.1 Å². The molecule has 1 heteroatoms. The molecule has 0 aromatic carbocycles. The number of ketones is 1. The second-order valence-electron chi connectivity index (χ2n) is 6.49. The summed E-state index contributed by atoms with van der Waals surface area (Å²) >= 11 is 0. The Labute approximate surface area is 112 Å². The van der Waals surface area contributed by atoms with Crippen LogP contribution in [0.25, 0.3) is 0 Å². The lowest BCUT2D eigenvalue weighted by Gasteiger charge is -2.52. The molecular weight excluding hydrogens is 220 g/mol. The van der Waals surface area contributed by atoms with Gasteiger partial charge in [-0.3, -0.25) is 4.79 Å². The van der Waals surface area contributed by atoms with Crippen LogP contribution >= 0.6 is 0 Å². The van der Waals surface area contributed by atoms with E-state index in [0.717, 1.165) is 25.7 Å². The van der Waals surface area contributed by atoms with Crippen LogP contribution in [0.5, 0.6) is 0 Å². The van der Waals surface area contributed by atoms with E-state index in [1.165, 1.54) is 0 Å². The molecule has 0 bridgehead atoms. The lowest BCUT2D eigenvalue weighted by Crippen LogP contribution is -2.52. The van der Waals surface area contributed by atoms with Crippen molar-refractivity contribution in [1.82, 2.24) is 0 Å². The normalized spacial score (nSPS) is 26.2. The quantitative estimate of drug-likeness (QED) is 0.592. The number of allylic oxidation sites excluding steroid dienone is 2. The van der Waals surface area contributed by atoms with Gasteiger partial charge in [0.2, 0.25) is 0 Å². The molecule has 0 aromatic heterocycles. The van der Waals surface area contributed by atoms with Crippen LogP contribution in [0.3, 0.4) is 0 Å². The fraction of sp³-hybridized carbons (Fsp3) is 0.706. The fourth-order valence-corrected chi connectivity index (χ4v) is 3.26. The summed E-state index contributed by atoms with van der Waals surface area (Å²) in [7, 11) is 0. The van der Waals surface area contributed by atoms with Gasteiger partial charge in [0, 0.05) is 11.3 Å². The summed E-state index contributed by atoms with van der Waals surface area (Å²) in [5.41, 5.74) is -0.106. The molecule has 0 radical (unpaired) electrons. The molecule has 0 aliphatic heterocycles. The maximum Gasteiger partial charge on any atom is 0.143 e. The Morgan fingerprint density at radius 1 is 1.33 bits per heavy atom. The summed E-state index contributed by atoms with van der Waals surface area (Å²) in [4.78, 5) is 12.9. The van der Waals surface area contributed by atoms with Crippen LogP contribution in [0.15, 0.2) is 25.3 Å². The van der Waals surface area contributed by atoms with E-state index in [9.17, 15) is 4.79 Å². The van der Waals surface area contributed by atoms with Gasteiger partial charge in [-0.2, -0.15) is 0 Å². The second kappa shape index (κ2) is 5.42. The van der Waals surface area contributed by atoms with Gasteiger partial charge < -0.3 is 0 Å². The van der Waals surface area contributed by atoms with Gasteiger partial charge in [-0.15, -0.1) is 13.2 Å². The van der Waals surface area contributed by atoms with Crippen molar-refractivity contribution in [2.45, 2.75) is 53.4 Å². The number of carbonyl (C=O) groups excluding carboxylic acids is 1. The van der Waals surface area contributed by atoms with E-state index in [2.05, 4.69) is 40.9 Å². The number of carbonyl (C=O) groups is 1. The summed E-state index contributed by atoms with van der Waals surface area (Å²) in [6.07, 6.45) is 7.25. The van der Waals surface area contributed by atoms with Gasteiger partial charge in [-0.25, -0.2) is 0 Å². The molecule has 0 heterocycles. The Kier molecular flexibility index (Phi) is 4.58. The van der Waals surface area contributed by atoms with E-state index >= 15 is 0 Å². The highest BCUT2D eigenvalue weighted by Crippen LogP contribution is 2.54. The van der Waals surface area contributed by atoms with Crippen molar-refractivity contribution >= 4 is 5.78 Å². The molecule has 1 nitrogen and oxygen atoms in total. The van der Waals surface area contributed by atoms with Crippen molar-refractivity contribution in [3.05, 3.63) is 25.3 Å². The largest absolute Gasteiger partial charge is 0.299 e. The summed E-state index contributed by atoms with van der Waals surface area (Å²) in [6.45, 7) is 16.5. The van der Waals surface area contributed by atoms with Gasteiger partial charge in [-0.1, -0.05) is 39.8 Å². The first-order valence-electron chi connectivity index (χ1n) is 7.11. The van der Waals surface area contributed by atoms with Crippen molar-refractivity contribution in [2.75, 3.05) is 0 Å². The lowest BCUT2D eigenvalue weighted by atomic mass is 9.50. The Bertz CT molecular complexity index is 328. The molecule has 18 heavy (non-hydrogen) atoms. The van der Waals surface area contributed by atoms with Crippen molar-refractivity contribution in [1.29, 1.82) is 0 Å². The molecule has 0 amide bonds. The minimum absolute atomic E-state index is 0.153. The van der Waals surface area contributed by atoms with Crippen molar-refractivity contribution in [2.24, 2.45) is 22.7 Å². The first-order chi connectivity index (χ1) is 8.35. The monoisotopic (exact) mass is 248 g/mol. The SMILES string of the molecule is C=CCC(CC)(CC=C)C(=O)[C@@H]1C[C@H](C)C1(C)C. The average Bonchev–Trinajstić information content (AvgIpc) is 2.34. The molecule has 0 aromatic rings. The van der Waals surface area contributed by atoms with Crippen molar-refractivity contribution in [3.63, 3.8) is 0 Å².